The van der Waals surface area contributed by atoms with Gasteiger partial charge in [0.05, 0.1) is 16.6 Å². The van der Waals surface area contributed by atoms with E-state index >= 15 is 0 Å². The lowest BCUT2D eigenvalue weighted by Gasteiger charge is -2.46. The van der Waals surface area contributed by atoms with E-state index in [1.807, 2.05) is 0 Å². The van der Waals surface area contributed by atoms with Crippen molar-refractivity contribution in [3.8, 4) is 0 Å². The number of nitrogens with zero attached hydrogens (tertiary/aromatic N) is 2. The average Bonchev–Trinajstić information content (AvgIpc) is 3.15. The van der Waals surface area contributed by atoms with Gasteiger partial charge in [-0.3, -0.25) is 14.6 Å². The molecule has 0 aromatic heterocycles. The Balaban J connectivity index is 1.70. The van der Waals surface area contributed by atoms with Gasteiger partial charge < -0.3 is 10.4 Å². The number of anilines is 1. The largest absolute Gasteiger partial charge is 0.509 e. The van der Waals surface area contributed by atoms with Crippen LogP contribution >= 0.6 is 15.9 Å². The second-order valence-electron chi connectivity index (χ2n) is 8.04. The molecule has 11 heteroatoms. The Morgan fingerprint density at radius 1 is 1.12 bits per heavy atom. The zero-order valence-electron chi connectivity index (χ0n) is 17.3. The molecule has 0 radical (unpaired) electrons. The fourth-order valence-corrected chi connectivity index (χ4v) is 4.41. The van der Waals surface area contributed by atoms with E-state index in [-0.39, 0.29) is 17.8 Å². The van der Waals surface area contributed by atoms with Crippen molar-refractivity contribution >= 4 is 33.4 Å². The molecule has 0 saturated carbocycles. The molecule has 2 N–H and O–H groups in total. The Morgan fingerprint density at radius 3 is 2.42 bits per heavy atom. The zero-order valence-corrected chi connectivity index (χ0v) is 18.8. The first-order valence-corrected chi connectivity index (χ1v) is 10.7. The monoisotopic (exact) mass is 527 g/mol. The second-order valence-corrected chi connectivity index (χ2v) is 8.84. The van der Waals surface area contributed by atoms with Crippen LogP contribution in [-0.2, 0) is 16.1 Å². The van der Waals surface area contributed by atoms with E-state index in [1.54, 1.807) is 11.9 Å². The fraction of sp³-hybridized carbons (Fsp3) is 0.273. The SMILES string of the molecule is C[C@]12CCCN1N(Cc1ccc(F)c(F)c1)C(=O)C(C(=O)Nc1cc(F)c(Br)c(F)c1)=C2O. The van der Waals surface area contributed by atoms with Crippen molar-refractivity contribution in [2.45, 2.75) is 31.8 Å². The molecule has 2 aliphatic heterocycles. The van der Waals surface area contributed by atoms with E-state index in [9.17, 15) is 32.3 Å². The molecule has 33 heavy (non-hydrogen) atoms. The number of halogens is 5. The highest BCUT2D eigenvalue weighted by atomic mass is 79.9. The molecule has 6 nitrogen and oxygen atoms in total. The minimum absolute atomic E-state index is 0.183. The van der Waals surface area contributed by atoms with Crippen LogP contribution in [0.15, 0.2) is 46.1 Å². The quantitative estimate of drug-likeness (QED) is 0.347. The standard InChI is InChI=1S/C22H18BrF4N3O3/c1-22-5-2-6-30(22)29(10-11-3-4-13(24)14(25)7-11)21(33)17(19(22)31)20(32)28-12-8-15(26)18(23)16(27)9-12/h3-4,7-9,31H,2,5-6,10H2,1H3,(H,28,32)/t22-/m1/s1. The lowest BCUT2D eigenvalue weighted by atomic mass is 9.90. The number of aliphatic hydroxyl groups is 1. The maximum Gasteiger partial charge on any atom is 0.277 e. The predicted octanol–water partition coefficient (Wildman–Crippen LogP) is 4.57. The van der Waals surface area contributed by atoms with Crippen LogP contribution in [0.2, 0.25) is 0 Å². The number of nitrogens with one attached hydrogen (secondary N) is 1. The molecule has 0 spiro atoms. The molecule has 2 amide bonds. The molecule has 174 valence electrons. The van der Waals surface area contributed by atoms with Gasteiger partial charge in [0.25, 0.3) is 11.8 Å². The molecule has 0 aliphatic carbocycles. The topological polar surface area (TPSA) is 72.9 Å². The highest BCUT2D eigenvalue weighted by Gasteiger charge is 2.52. The third-order valence-corrected chi connectivity index (χ3v) is 6.63. The summed E-state index contributed by atoms with van der Waals surface area (Å²) in [4.78, 5) is 26.2. The molecule has 0 unspecified atom stereocenters. The first kappa shape index (κ1) is 23.2. The summed E-state index contributed by atoms with van der Waals surface area (Å²) >= 11 is 2.73. The maximum atomic E-state index is 13.8. The van der Waals surface area contributed by atoms with Crippen molar-refractivity contribution in [1.29, 1.82) is 0 Å². The summed E-state index contributed by atoms with van der Waals surface area (Å²) in [6, 6.07) is 4.91. The van der Waals surface area contributed by atoms with Crippen LogP contribution in [0.25, 0.3) is 0 Å². The number of carbonyl (C=O) groups is 2. The van der Waals surface area contributed by atoms with E-state index in [0.29, 0.717) is 19.4 Å². The van der Waals surface area contributed by atoms with Crippen molar-refractivity contribution < 1.29 is 32.3 Å². The van der Waals surface area contributed by atoms with Gasteiger partial charge in [-0.2, -0.15) is 0 Å². The van der Waals surface area contributed by atoms with E-state index in [1.165, 1.54) is 11.1 Å². The normalized spacial score (nSPS) is 20.9. The Bertz CT molecular complexity index is 1180. The number of hydrogen-bond donors (Lipinski definition) is 2. The summed E-state index contributed by atoms with van der Waals surface area (Å²) in [7, 11) is 0. The van der Waals surface area contributed by atoms with Crippen LogP contribution in [-0.4, -0.2) is 39.0 Å². The summed E-state index contributed by atoms with van der Waals surface area (Å²) in [5.41, 5.74) is -1.68. The van der Waals surface area contributed by atoms with Gasteiger partial charge in [-0.05, 0) is 65.5 Å². The lowest BCUT2D eigenvalue weighted by Crippen LogP contribution is -2.60. The summed E-state index contributed by atoms with van der Waals surface area (Å²) in [5, 5.41) is 15.9. The minimum Gasteiger partial charge on any atom is -0.509 e. The van der Waals surface area contributed by atoms with Crippen molar-refractivity contribution in [3.63, 3.8) is 0 Å². The third kappa shape index (κ3) is 3.99. The Hall–Kier alpha value is -2.92. The van der Waals surface area contributed by atoms with Gasteiger partial charge >= 0.3 is 0 Å². The summed E-state index contributed by atoms with van der Waals surface area (Å²) < 4.78 is 54.3. The molecule has 1 atom stereocenters. The molecule has 1 fully saturated rings. The zero-order chi connectivity index (χ0) is 24.1. The van der Waals surface area contributed by atoms with Crippen molar-refractivity contribution in [3.05, 3.63) is 75.0 Å². The number of rotatable bonds is 4. The molecule has 2 aliphatic rings. The minimum atomic E-state index is -1.10. The number of benzene rings is 2. The molecular formula is C22H18BrF4N3O3. The predicted molar refractivity (Wildman–Crippen MR) is 114 cm³/mol. The Kier molecular flexibility index (Phi) is 5.95. The molecule has 1 saturated heterocycles. The highest BCUT2D eigenvalue weighted by Crippen LogP contribution is 2.41. The van der Waals surface area contributed by atoms with Gasteiger partial charge in [-0.25, -0.2) is 22.6 Å². The fourth-order valence-electron chi connectivity index (χ4n) is 4.18. The van der Waals surface area contributed by atoms with Gasteiger partial charge in [-0.15, -0.1) is 0 Å². The third-order valence-electron chi connectivity index (χ3n) is 5.87. The van der Waals surface area contributed by atoms with Gasteiger partial charge in [0.2, 0.25) is 0 Å². The van der Waals surface area contributed by atoms with Gasteiger partial charge in [0, 0.05) is 12.2 Å². The lowest BCUT2D eigenvalue weighted by molar-refractivity contribution is -0.160. The molecule has 0 bridgehead atoms. The van der Waals surface area contributed by atoms with E-state index < -0.39 is 56.4 Å². The Labute approximate surface area is 194 Å². The number of carbonyl (C=O) groups excluding carboxylic acids is 2. The van der Waals surface area contributed by atoms with Crippen LogP contribution in [0.4, 0.5) is 23.2 Å². The van der Waals surface area contributed by atoms with Crippen molar-refractivity contribution in [2.24, 2.45) is 0 Å². The second kappa shape index (κ2) is 8.45. The number of hydrazine groups is 1. The van der Waals surface area contributed by atoms with Crippen molar-refractivity contribution in [1.82, 2.24) is 10.0 Å². The summed E-state index contributed by atoms with van der Waals surface area (Å²) in [6.45, 7) is 1.84. The van der Waals surface area contributed by atoms with E-state index in [4.69, 9.17) is 0 Å². The maximum absolute atomic E-state index is 13.8. The van der Waals surface area contributed by atoms with Crippen LogP contribution in [0, 0.1) is 23.3 Å². The average molecular weight is 528 g/mol. The molecule has 2 heterocycles. The smallest absolute Gasteiger partial charge is 0.277 e. The van der Waals surface area contributed by atoms with Crippen LogP contribution < -0.4 is 5.32 Å². The van der Waals surface area contributed by atoms with Gasteiger partial charge in [0.15, 0.2) is 11.6 Å². The molecular weight excluding hydrogens is 510 g/mol. The number of amides is 2. The number of fused-ring (bicyclic) bond motifs is 1. The molecule has 2 aromatic rings. The first-order chi connectivity index (χ1) is 15.5. The van der Waals surface area contributed by atoms with Crippen LogP contribution in [0.1, 0.15) is 25.3 Å². The summed E-state index contributed by atoms with van der Waals surface area (Å²) in [6.07, 6.45) is 1.01. The van der Waals surface area contributed by atoms with Crippen molar-refractivity contribution in [2.75, 3.05) is 11.9 Å². The van der Waals surface area contributed by atoms with E-state index in [2.05, 4.69) is 21.2 Å². The highest BCUT2D eigenvalue weighted by molar-refractivity contribution is 9.10. The molecule has 4 rings (SSSR count). The Morgan fingerprint density at radius 2 is 1.79 bits per heavy atom. The number of hydrogen-bond acceptors (Lipinski definition) is 4. The summed E-state index contributed by atoms with van der Waals surface area (Å²) in [5.74, 6) is -6.46. The first-order valence-electron chi connectivity index (χ1n) is 9.96. The molecule has 2 aromatic carbocycles. The van der Waals surface area contributed by atoms with Gasteiger partial charge in [-0.1, -0.05) is 6.07 Å². The van der Waals surface area contributed by atoms with Crippen LogP contribution in [0.5, 0.6) is 0 Å². The van der Waals surface area contributed by atoms with Crippen LogP contribution in [0.3, 0.4) is 0 Å². The number of aliphatic hydroxyl groups excluding tert-OH is 1. The van der Waals surface area contributed by atoms with E-state index in [0.717, 1.165) is 24.3 Å². The van der Waals surface area contributed by atoms with Gasteiger partial charge in [0.1, 0.15) is 23.0 Å².